The minimum atomic E-state index is 0.397. The predicted molar refractivity (Wildman–Crippen MR) is 74.9 cm³/mol. The van der Waals surface area contributed by atoms with Gasteiger partial charge < -0.3 is 19.2 Å². The molecule has 19 heavy (non-hydrogen) atoms. The van der Waals surface area contributed by atoms with Gasteiger partial charge in [-0.05, 0) is 35.9 Å². The van der Waals surface area contributed by atoms with Crippen molar-refractivity contribution in [1.82, 2.24) is 0 Å². The van der Waals surface area contributed by atoms with Crippen LogP contribution in [0.4, 0.5) is 5.69 Å². The number of benzene rings is 1. The lowest BCUT2D eigenvalue weighted by Gasteiger charge is -2.08. The number of rotatable bonds is 7. The zero-order valence-corrected chi connectivity index (χ0v) is 11.4. The first kappa shape index (κ1) is 13.8. The number of anilines is 1. The second kappa shape index (κ2) is 7.07. The second-order valence-corrected chi connectivity index (χ2v) is 4.30. The Labute approximate surface area is 117 Å². The van der Waals surface area contributed by atoms with Crippen LogP contribution >= 0.6 is 11.6 Å². The van der Waals surface area contributed by atoms with Crippen LogP contribution in [-0.2, 0) is 11.3 Å². The van der Waals surface area contributed by atoms with Crippen molar-refractivity contribution in [3.8, 4) is 5.75 Å². The van der Waals surface area contributed by atoms with Crippen molar-refractivity contribution in [1.29, 1.82) is 0 Å². The lowest BCUT2D eigenvalue weighted by atomic mass is 10.3. The highest BCUT2D eigenvalue weighted by Crippen LogP contribution is 2.19. The number of furan rings is 1. The highest BCUT2D eigenvalue weighted by Gasteiger charge is 2.01. The number of ether oxygens (including phenoxy) is 2. The Hall–Kier alpha value is -1.65. The third kappa shape index (κ3) is 4.50. The van der Waals surface area contributed by atoms with E-state index in [9.17, 15) is 0 Å². The van der Waals surface area contributed by atoms with Crippen molar-refractivity contribution in [2.24, 2.45) is 0 Å². The maximum atomic E-state index is 5.71. The van der Waals surface area contributed by atoms with Gasteiger partial charge in [-0.3, -0.25) is 0 Å². The molecule has 2 aromatic rings. The molecule has 1 aromatic heterocycles. The lowest BCUT2D eigenvalue weighted by Crippen LogP contribution is -2.04. The highest BCUT2D eigenvalue weighted by atomic mass is 35.5. The smallest absolute Gasteiger partial charge is 0.193 e. The molecule has 0 bridgehead atoms. The van der Waals surface area contributed by atoms with Crippen LogP contribution in [0.1, 0.15) is 5.76 Å². The molecule has 0 saturated carbocycles. The first-order valence-corrected chi connectivity index (χ1v) is 6.35. The molecule has 1 aromatic carbocycles. The Morgan fingerprint density at radius 3 is 2.84 bits per heavy atom. The fourth-order valence-corrected chi connectivity index (χ4v) is 1.74. The van der Waals surface area contributed by atoms with Crippen molar-refractivity contribution in [2.45, 2.75) is 6.54 Å². The third-order valence-electron chi connectivity index (χ3n) is 2.49. The molecule has 5 heteroatoms. The molecule has 2 rings (SSSR count). The van der Waals surface area contributed by atoms with Gasteiger partial charge in [-0.15, -0.1) is 0 Å². The Bertz CT molecular complexity index is 513. The molecule has 102 valence electrons. The number of nitrogens with one attached hydrogen (secondary N) is 1. The van der Waals surface area contributed by atoms with Gasteiger partial charge in [0, 0.05) is 18.9 Å². The number of methoxy groups -OCH3 is 1. The van der Waals surface area contributed by atoms with Crippen molar-refractivity contribution in [3.05, 3.63) is 47.4 Å². The molecule has 0 unspecified atom stereocenters. The van der Waals surface area contributed by atoms with Gasteiger partial charge in [-0.1, -0.05) is 6.07 Å². The summed E-state index contributed by atoms with van der Waals surface area (Å²) in [5.41, 5.74) is 0.961. The molecule has 0 fully saturated rings. The molecular formula is C14H16ClNO3. The largest absolute Gasteiger partial charge is 0.491 e. The zero-order valence-electron chi connectivity index (χ0n) is 10.7. The van der Waals surface area contributed by atoms with Gasteiger partial charge in [0.25, 0.3) is 0 Å². The highest BCUT2D eigenvalue weighted by molar-refractivity contribution is 6.28. The summed E-state index contributed by atoms with van der Waals surface area (Å²) >= 11 is 5.71. The Balaban J connectivity index is 1.87. The summed E-state index contributed by atoms with van der Waals surface area (Å²) in [6.45, 7) is 1.69. The standard InChI is InChI=1S/C14H16ClNO3/c1-17-7-8-18-12-4-2-3-11(9-12)16-10-13-5-6-14(15)19-13/h2-6,9,16H,7-8,10H2,1H3. The summed E-state index contributed by atoms with van der Waals surface area (Å²) < 4.78 is 15.7. The molecular weight excluding hydrogens is 266 g/mol. The Kier molecular flexibility index (Phi) is 5.12. The van der Waals surface area contributed by atoms with Crippen molar-refractivity contribution < 1.29 is 13.9 Å². The van der Waals surface area contributed by atoms with Crippen LogP contribution in [-0.4, -0.2) is 20.3 Å². The van der Waals surface area contributed by atoms with Crippen LogP contribution in [0, 0.1) is 0 Å². The van der Waals surface area contributed by atoms with E-state index in [-0.39, 0.29) is 0 Å². The molecule has 0 saturated heterocycles. The topological polar surface area (TPSA) is 43.6 Å². The number of hydrogen-bond donors (Lipinski definition) is 1. The van der Waals surface area contributed by atoms with Crippen LogP contribution < -0.4 is 10.1 Å². The summed E-state index contributed by atoms with van der Waals surface area (Å²) in [6.07, 6.45) is 0. The second-order valence-electron chi connectivity index (χ2n) is 3.93. The van der Waals surface area contributed by atoms with E-state index in [1.165, 1.54) is 0 Å². The summed E-state index contributed by atoms with van der Waals surface area (Å²) in [6, 6.07) is 11.3. The fourth-order valence-electron chi connectivity index (χ4n) is 1.57. The maximum absolute atomic E-state index is 5.71. The van der Waals surface area contributed by atoms with E-state index in [2.05, 4.69) is 5.32 Å². The Morgan fingerprint density at radius 2 is 2.11 bits per heavy atom. The summed E-state index contributed by atoms with van der Waals surface area (Å²) in [5.74, 6) is 1.59. The van der Waals surface area contributed by atoms with Gasteiger partial charge in [-0.2, -0.15) is 0 Å². The summed E-state index contributed by atoms with van der Waals surface area (Å²) in [5, 5.41) is 3.64. The fraction of sp³-hybridized carbons (Fsp3) is 0.286. The maximum Gasteiger partial charge on any atom is 0.193 e. The van der Waals surface area contributed by atoms with Crippen LogP contribution in [0.25, 0.3) is 0 Å². The molecule has 1 N–H and O–H groups in total. The van der Waals surface area contributed by atoms with Gasteiger partial charge in [0.2, 0.25) is 0 Å². The third-order valence-corrected chi connectivity index (χ3v) is 2.69. The predicted octanol–water partition coefficient (Wildman–Crippen LogP) is 3.57. The van der Waals surface area contributed by atoms with E-state index in [4.69, 9.17) is 25.5 Å². The molecule has 0 aliphatic carbocycles. The first-order chi connectivity index (χ1) is 9.28. The molecule has 1 heterocycles. The van der Waals surface area contributed by atoms with E-state index in [0.29, 0.717) is 25.0 Å². The van der Waals surface area contributed by atoms with Gasteiger partial charge in [0.05, 0.1) is 13.2 Å². The molecule has 0 radical (unpaired) electrons. The normalized spacial score (nSPS) is 10.4. The van der Waals surface area contributed by atoms with Crippen LogP contribution in [0.3, 0.4) is 0 Å². The van der Waals surface area contributed by atoms with Gasteiger partial charge >= 0.3 is 0 Å². The summed E-state index contributed by atoms with van der Waals surface area (Å²) in [4.78, 5) is 0. The zero-order chi connectivity index (χ0) is 13.5. The minimum Gasteiger partial charge on any atom is -0.491 e. The van der Waals surface area contributed by atoms with E-state index in [1.54, 1.807) is 13.2 Å². The Morgan fingerprint density at radius 1 is 1.21 bits per heavy atom. The molecule has 0 amide bonds. The van der Waals surface area contributed by atoms with Crippen molar-refractivity contribution >= 4 is 17.3 Å². The molecule has 0 aliphatic rings. The van der Waals surface area contributed by atoms with E-state index in [0.717, 1.165) is 17.2 Å². The average molecular weight is 282 g/mol. The molecule has 0 atom stereocenters. The molecule has 4 nitrogen and oxygen atoms in total. The van der Waals surface area contributed by atoms with Crippen molar-refractivity contribution in [3.63, 3.8) is 0 Å². The van der Waals surface area contributed by atoms with Crippen LogP contribution in [0.2, 0.25) is 5.22 Å². The SMILES string of the molecule is COCCOc1cccc(NCc2ccc(Cl)o2)c1. The van der Waals surface area contributed by atoms with Gasteiger partial charge in [-0.25, -0.2) is 0 Å². The van der Waals surface area contributed by atoms with E-state index < -0.39 is 0 Å². The molecule has 0 aliphatic heterocycles. The minimum absolute atomic E-state index is 0.397. The van der Waals surface area contributed by atoms with Crippen LogP contribution in [0.5, 0.6) is 5.75 Å². The van der Waals surface area contributed by atoms with Gasteiger partial charge in [0.1, 0.15) is 18.1 Å². The van der Waals surface area contributed by atoms with E-state index in [1.807, 2.05) is 30.3 Å². The molecule has 0 spiro atoms. The monoisotopic (exact) mass is 281 g/mol. The summed E-state index contributed by atoms with van der Waals surface area (Å²) in [7, 11) is 1.65. The van der Waals surface area contributed by atoms with Crippen molar-refractivity contribution in [2.75, 3.05) is 25.6 Å². The lowest BCUT2D eigenvalue weighted by molar-refractivity contribution is 0.146. The number of halogens is 1. The van der Waals surface area contributed by atoms with Gasteiger partial charge in [0.15, 0.2) is 5.22 Å². The average Bonchev–Trinajstić information content (AvgIpc) is 2.83. The first-order valence-electron chi connectivity index (χ1n) is 5.98. The van der Waals surface area contributed by atoms with E-state index >= 15 is 0 Å². The number of hydrogen-bond acceptors (Lipinski definition) is 4. The van der Waals surface area contributed by atoms with Crippen LogP contribution in [0.15, 0.2) is 40.8 Å². The quantitative estimate of drug-likeness (QED) is 0.788.